The van der Waals surface area contributed by atoms with Crippen LogP contribution in [0.4, 0.5) is 22.0 Å². The average Bonchev–Trinajstić information content (AvgIpc) is 2.75. The molecule has 3 N–H and O–H groups in total. The van der Waals surface area contributed by atoms with Gasteiger partial charge < -0.3 is 11.1 Å². The standard InChI is InChI=1S/C24H28F5N3/c1-3-6-17(24(27,28)29)13-23(20(26)4-2)32-15-19-21(30)7-5-8-22(19)31-14-16-9-11-18(25)12-10-16/h4,6,9-13,15,22,31H,3,5,7-8,14,30H2,1-2H3/b17-6-,20-4+,23-13+,32-15?. The molecule has 1 atom stereocenters. The van der Waals surface area contributed by atoms with Crippen LogP contribution in [0.3, 0.4) is 0 Å². The average molecular weight is 453 g/mol. The maximum absolute atomic E-state index is 14.3. The van der Waals surface area contributed by atoms with Crippen LogP contribution in [0, 0.1) is 5.82 Å². The lowest BCUT2D eigenvalue weighted by molar-refractivity contribution is -0.0884. The molecule has 0 spiro atoms. The van der Waals surface area contributed by atoms with Crippen molar-refractivity contribution in [2.24, 2.45) is 10.7 Å². The Bertz CT molecular complexity index is 922. The van der Waals surface area contributed by atoms with E-state index in [0.29, 0.717) is 30.3 Å². The van der Waals surface area contributed by atoms with Crippen molar-refractivity contribution in [1.82, 2.24) is 5.32 Å². The van der Waals surface area contributed by atoms with Crippen LogP contribution in [0.5, 0.6) is 0 Å². The molecule has 0 amide bonds. The van der Waals surface area contributed by atoms with Gasteiger partial charge in [-0.25, -0.2) is 8.78 Å². The lowest BCUT2D eigenvalue weighted by Crippen LogP contribution is -2.35. The van der Waals surface area contributed by atoms with Crippen LogP contribution in [0.15, 0.2) is 75.9 Å². The molecule has 0 fully saturated rings. The first-order chi connectivity index (χ1) is 15.2. The Hall–Kier alpha value is -2.74. The number of rotatable bonds is 8. The van der Waals surface area contributed by atoms with E-state index in [4.69, 9.17) is 5.73 Å². The first-order valence-corrected chi connectivity index (χ1v) is 10.5. The van der Waals surface area contributed by atoms with Crippen LogP contribution >= 0.6 is 0 Å². The van der Waals surface area contributed by atoms with Gasteiger partial charge in [-0.3, -0.25) is 4.99 Å². The van der Waals surface area contributed by atoms with E-state index < -0.39 is 23.3 Å². The highest BCUT2D eigenvalue weighted by molar-refractivity contribution is 5.82. The van der Waals surface area contributed by atoms with Crippen LogP contribution in [0.1, 0.15) is 45.1 Å². The molecular weight excluding hydrogens is 425 g/mol. The van der Waals surface area contributed by atoms with E-state index in [-0.39, 0.29) is 18.3 Å². The number of hydrogen-bond acceptors (Lipinski definition) is 3. The van der Waals surface area contributed by atoms with E-state index in [1.165, 1.54) is 25.3 Å². The third-order valence-electron chi connectivity index (χ3n) is 5.04. The fourth-order valence-electron chi connectivity index (χ4n) is 3.33. The summed E-state index contributed by atoms with van der Waals surface area (Å²) in [5.41, 5.74) is 6.80. The van der Waals surface area contributed by atoms with Crippen LogP contribution < -0.4 is 11.1 Å². The maximum atomic E-state index is 14.3. The molecule has 1 aliphatic carbocycles. The number of benzene rings is 1. The molecule has 0 heterocycles. The Morgan fingerprint density at radius 3 is 2.53 bits per heavy atom. The summed E-state index contributed by atoms with van der Waals surface area (Å²) in [5, 5.41) is 3.32. The summed E-state index contributed by atoms with van der Waals surface area (Å²) in [6, 6.07) is 5.84. The molecule has 32 heavy (non-hydrogen) atoms. The summed E-state index contributed by atoms with van der Waals surface area (Å²) in [6.45, 7) is 3.40. The van der Waals surface area contributed by atoms with Crippen LogP contribution in [-0.4, -0.2) is 18.4 Å². The number of aliphatic imine (C=N–C) groups is 1. The Morgan fingerprint density at radius 2 is 1.94 bits per heavy atom. The van der Waals surface area contributed by atoms with Gasteiger partial charge in [0.15, 0.2) is 0 Å². The number of hydrogen-bond donors (Lipinski definition) is 2. The molecule has 3 nitrogen and oxygen atoms in total. The minimum absolute atomic E-state index is 0.146. The van der Waals surface area contributed by atoms with Gasteiger partial charge in [0.05, 0.1) is 11.3 Å². The maximum Gasteiger partial charge on any atom is 0.416 e. The lowest BCUT2D eigenvalue weighted by Gasteiger charge is -2.26. The van der Waals surface area contributed by atoms with Gasteiger partial charge in [-0.1, -0.05) is 25.1 Å². The Balaban J connectivity index is 2.30. The predicted molar refractivity (Wildman–Crippen MR) is 118 cm³/mol. The SMILES string of the molecule is C\C=C(F)/C(=C\C(=C\CC)C(F)(F)F)N=CC1=C(N)CCCC1NCc1ccc(F)cc1. The van der Waals surface area contributed by atoms with Crippen molar-refractivity contribution in [3.63, 3.8) is 0 Å². The zero-order valence-corrected chi connectivity index (χ0v) is 18.1. The van der Waals surface area contributed by atoms with Gasteiger partial charge in [-0.2, -0.15) is 13.2 Å². The monoisotopic (exact) mass is 453 g/mol. The summed E-state index contributed by atoms with van der Waals surface area (Å²) < 4.78 is 67.2. The Labute approximate surface area is 185 Å². The lowest BCUT2D eigenvalue weighted by atomic mass is 9.92. The van der Waals surface area contributed by atoms with E-state index in [2.05, 4.69) is 10.3 Å². The van der Waals surface area contributed by atoms with Gasteiger partial charge in [0.2, 0.25) is 0 Å². The highest BCUT2D eigenvalue weighted by atomic mass is 19.4. The number of nitrogens with zero attached hydrogens (tertiary/aromatic N) is 1. The molecule has 0 aliphatic heterocycles. The molecule has 1 aromatic carbocycles. The Kier molecular flexibility index (Phi) is 9.38. The molecule has 2 rings (SSSR count). The number of nitrogens with one attached hydrogen (secondary N) is 1. The molecule has 1 aliphatic rings. The molecule has 0 bridgehead atoms. The van der Waals surface area contributed by atoms with Gasteiger partial charge in [-0.05, 0) is 62.5 Å². The fraction of sp³-hybridized carbons (Fsp3) is 0.375. The zero-order valence-electron chi connectivity index (χ0n) is 18.1. The summed E-state index contributed by atoms with van der Waals surface area (Å²) in [4.78, 5) is 4.05. The number of alkyl halides is 3. The molecule has 174 valence electrons. The topological polar surface area (TPSA) is 50.4 Å². The molecule has 0 saturated heterocycles. The quantitative estimate of drug-likeness (QED) is 0.272. The highest BCUT2D eigenvalue weighted by Gasteiger charge is 2.32. The molecule has 1 aromatic rings. The highest BCUT2D eigenvalue weighted by Crippen LogP contribution is 2.30. The normalized spacial score (nSPS) is 19.2. The van der Waals surface area contributed by atoms with Crippen molar-refractivity contribution in [2.45, 2.75) is 58.3 Å². The van der Waals surface area contributed by atoms with Crippen LogP contribution in [0.2, 0.25) is 0 Å². The van der Waals surface area contributed by atoms with Gasteiger partial charge in [0, 0.05) is 30.1 Å². The second-order valence-electron chi connectivity index (χ2n) is 7.42. The molecule has 1 unspecified atom stereocenters. The minimum atomic E-state index is -4.62. The van der Waals surface area contributed by atoms with E-state index >= 15 is 0 Å². The molecule has 8 heteroatoms. The van der Waals surface area contributed by atoms with E-state index in [9.17, 15) is 22.0 Å². The van der Waals surface area contributed by atoms with Gasteiger partial charge in [0.1, 0.15) is 11.6 Å². The second kappa shape index (κ2) is 11.8. The van der Waals surface area contributed by atoms with E-state index in [0.717, 1.165) is 30.6 Å². The largest absolute Gasteiger partial charge is 0.416 e. The van der Waals surface area contributed by atoms with Crippen LogP contribution in [0.25, 0.3) is 0 Å². The third-order valence-corrected chi connectivity index (χ3v) is 5.04. The summed E-state index contributed by atoms with van der Waals surface area (Å²) >= 11 is 0. The van der Waals surface area contributed by atoms with Gasteiger partial charge >= 0.3 is 6.18 Å². The van der Waals surface area contributed by atoms with Crippen molar-refractivity contribution >= 4 is 6.21 Å². The molecule has 0 saturated carbocycles. The summed E-state index contributed by atoms with van der Waals surface area (Å²) in [7, 11) is 0. The van der Waals surface area contributed by atoms with Crippen molar-refractivity contribution in [3.8, 4) is 0 Å². The zero-order chi connectivity index (χ0) is 23.7. The van der Waals surface area contributed by atoms with E-state index in [1.807, 2.05) is 0 Å². The molecule has 0 radical (unpaired) electrons. The smallest absolute Gasteiger partial charge is 0.402 e. The summed E-state index contributed by atoms with van der Waals surface area (Å²) in [6.07, 6.45) is 1.80. The fourth-order valence-corrected chi connectivity index (χ4v) is 3.33. The third kappa shape index (κ3) is 7.44. The van der Waals surface area contributed by atoms with Gasteiger partial charge in [0.25, 0.3) is 0 Å². The van der Waals surface area contributed by atoms with Crippen molar-refractivity contribution < 1.29 is 22.0 Å². The van der Waals surface area contributed by atoms with Crippen molar-refractivity contribution in [2.75, 3.05) is 0 Å². The molecular formula is C24H28F5N3. The predicted octanol–water partition coefficient (Wildman–Crippen LogP) is 6.41. The molecule has 0 aromatic heterocycles. The number of halogens is 5. The van der Waals surface area contributed by atoms with Crippen molar-refractivity contribution in [3.05, 3.63) is 82.2 Å². The Morgan fingerprint density at radius 1 is 1.25 bits per heavy atom. The van der Waals surface area contributed by atoms with E-state index in [1.54, 1.807) is 19.1 Å². The van der Waals surface area contributed by atoms with Gasteiger partial charge in [-0.15, -0.1) is 0 Å². The first-order valence-electron chi connectivity index (χ1n) is 10.5. The first kappa shape index (κ1) is 25.5. The minimum Gasteiger partial charge on any atom is -0.402 e. The second-order valence-corrected chi connectivity index (χ2v) is 7.42. The summed E-state index contributed by atoms with van der Waals surface area (Å²) in [5.74, 6) is -1.19. The van der Waals surface area contributed by atoms with Crippen LogP contribution in [-0.2, 0) is 6.54 Å². The number of allylic oxidation sites excluding steroid dienone is 6. The van der Waals surface area contributed by atoms with Crippen molar-refractivity contribution in [1.29, 1.82) is 0 Å². The number of nitrogens with two attached hydrogens (primary N) is 1.